The molecular weight excluding hydrogens is 205 g/mol. The van der Waals surface area contributed by atoms with Gasteiger partial charge in [-0.15, -0.1) is 0 Å². The lowest BCUT2D eigenvalue weighted by molar-refractivity contribution is 0.290. The fraction of sp³-hybridized carbons (Fsp3) is 0.0769. The molecule has 2 N–H and O–H groups in total. The first kappa shape index (κ1) is 10.5. The molecule has 0 atom stereocenters. The third-order valence-electron chi connectivity index (χ3n) is 2.19. The Balaban J connectivity index is 2.05. The van der Waals surface area contributed by atoms with Gasteiger partial charge in [0.05, 0.1) is 0 Å². The van der Waals surface area contributed by atoms with E-state index < -0.39 is 5.82 Å². The van der Waals surface area contributed by atoms with E-state index in [-0.39, 0.29) is 5.75 Å². The molecule has 0 saturated carbocycles. The van der Waals surface area contributed by atoms with Gasteiger partial charge in [-0.25, -0.2) is 4.39 Å². The summed E-state index contributed by atoms with van der Waals surface area (Å²) in [7, 11) is 0. The second-order valence-corrected chi connectivity index (χ2v) is 3.46. The molecule has 2 aromatic carbocycles. The largest absolute Gasteiger partial charge is 0.486 e. The molecule has 0 saturated heterocycles. The molecule has 0 spiro atoms. The number of nitrogen functional groups attached to an aromatic ring is 1. The first-order chi connectivity index (χ1) is 7.75. The molecule has 0 aliphatic heterocycles. The van der Waals surface area contributed by atoms with Gasteiger partial charge in [0.25, 0.3) is 0 Å². The number of hydrogen-bond donors (Lipinski definition) is 1. The highest BCUT2D eigenvalue weighted by molar-refractivity contribution is 5.42. The summed E-state index contributed by atoms with van der Waals surface area (Å²) in [5.41, 5.74) is 6.83. The van der Waals surface area contributed by atoms with Crippen molar-refractivity contribution in [1.29, 1.82) is 0 Å². The van der Waals surface area contributed by atoms with E-state index in [1.54, 1.807) is 6.07 Å². The number of rotatable bonds is 3. The molecule has 0 aromatic heterocycles. The van der Waals surface area contributed by atoms with Crippen LogP contribution in [0.3, 0.4) is 0 Å². The van der Waals surface area contributed by atoms with Crippen LogP contribution in [0.25, 0.3) is 0 Å². The summed E-state index contributed by atoms with van der Waals surface area (Å²) >= 11 is 0. The fourth-order valence-electron chi connectivity index (χ4n) is 1.37. The maximum absolute atomic E-state index is 13.3. The van der Waals surface area contributed by atoms with Crippen molar-refractivity contribution in [3.8, 4) is 5.75 Å². The van der Waals surface area contributed by atoms with E-state index in [0.29, 0.717) is 12.3 Å². The SMILES string of the molecule is Nc1ccc(OCc2ccccc2)c(F)c1. The Bertz CT molecular complexity index is 471. The van der Waals surface area contributed by atoms with Gasteiger partial charge in [-0.3, -0.25) is 0 Å². The topological polar surface area (TPSA) is 35.2 Å². The Morgan fingerprint density at radius 1 is 1.06 bits per heavy atom. The standard InChI is InChI=1S/C13H12FNO/c14-12-8-11(15)6-7-13(12)16-9-10-4-2-1-3-5-10/h1-8H,9,15H2. The first-order valence-corrected chi connectivity index (χ1v) is 4.97. The minimum atomic E-state index is -0.434. The lowest BCUT2D eigenvalue weighted by atomic mass is 10.2. The van der Waals surface area contributed by atoms with E-state index in [2.05, 4.69) is 0 Å². The fourth-order valence-corrected chi connectivity index (χ4v) is 1.37. The Morgan fingerprint density at radius 2 is 1.81 bits per heavy atom. The molecule has 0 amide bonds. The highest BCUT2D eigenvalue weighted by Gasteiger charge is 2.03. The van der Waals surface area contributed by atoms with Crippen LogP contribution in [-0.4, -0.2) is 0 Å². The predicted octanol–water partition coefficient (Wildman–Crippen LogP) is 2.99. The average molecular weight is 217 g/mol. The van der Waals surface area contributed by atoms with Crippen molar-refractivity contribution in [2.24, 2.45) is 0 Å². The summed E-state index contributed by atoms with van der Waals surface area (Å²) in [5.74, 6) is -0.214. The van der Waals surface area contributed by atoms with Crippen LogP contribution < -0.4 is 10.5 Å². The number of halogens is 1. The van der Waals surface area contributed by atoms with E-state index in [9.17, 15) is 4.39 Å². The Morgan fingerprint density at radius 3 is 2.50 bits per heavy atom. The summed E-state index contributed by atoms with van der Waals surface area (Å²) in [6.45, 7) is 0.349. The lowest BCUT2D eigenvalue weighted by Crippen LogP contribution is -1.97. The van der Waals surface area contributed by atoms with Crippen molar-refractivity contribution in [2.75, 3.05) is 5.73 Å². The van der Waals surface area contributed by atoms with Gasteiger partial charge in [0, 0.05) is 11.8 Å². The molecule has 2 nitrogen and oxygen atoms in total. The molecule has 2 rings (SSSR count). The summed E-state index contributed by atoms with van der Waals surface area (Å²) in [6.07, 6.45) is 0. The van der Waals surface area contributed by atoms with E-state index in [0.717, 1.165) is 5.56 Å². The van der Waals surface area contributed by atoms with Crippen molar-refractivity contribution >= 4 is 5.69 Å². The molecular formula is C13H12FNO. The molecule has 0 bridgehead atoms. The van der Waals surface area contributed by atoms with Crippen LogP contribution in [0.2, 0.25) is 0 Å². The lowest BCUT2D eigenvalue weighted by Gasteiger charge is -2.07. The van der Waals surface area contributed by atoms with E-state index >= 15 is 0 Å². The van der Waals surface area contributed by atoms with Gasteiger partial charge in [-0.1, -0.05) is 30.3 Å². The Kier molecular flexibility index (Phi) is 3.05. The number of ether oxygens (including phenoxy) is 1. The number of hydrogen-bond acceptors (Lipinski definition) is 2. The highest BCUT2D eigenvalue weighted by atomic mass is 19.1. The molecule has 0 aliphatic carbocycles. The zero-order chi connectivity index (χ0) is 11.4. The minimum Gasteiger partial charge on any atom is -0.486 e. The molecule has 0 aliphatic rings. The van der Waals surface area contributed by atoms with E-state index in [4.69, 9.17) is 10.5 Å². The minimum absolute atomic E-state index is 0.220. The maximum atomic E-state index is 13.3. The number of nitrogens with two attached hydrogens (primary N) is 1. The summed E-state index contributed by atoms with van der Waals surface area (Å²) in [4.78, 5) is 0. The third-order valence-corrected chi connectivity index (χ3v) is 2.19. The van der Waals surface area contributed by atoms with Gasteiger partial charge in [-0.2, -0.15) is 0 Å². The van der Waals surface area contributed by atoms with Gasteiger partial charge in [0.15, 0.2) is 11.6 Å². The van der Waals surface area contributed by atoms with E-state index in [1.165, 1.54) is 12.1 Å². The van der Waals surface area contributed by atoms with Gasteiger partial charge < -0.3 is 10.5 Å². The summed E-state index contributed by atoms with van der Waals surface area (Å²) in [5, 5.41) is 0. The van der Waals surface area contributed by atoms with Crippen molar-refractivity contribution in [3.63, 3.8) is 0 Å². The van der Waals surface area contributed by atoms with Gasteiger partial charge >= 0.3 is 0 Å². The van der Waals surface area contributed by atoms with Gasteiger partial charge in [0.1, 0.15) is 6.61 Å². The van der Waals surface area contributed by atoms with Crippen LogP contribution in [0.4, 0.5) is 10.1 Å². The van der Waals surface area contributed by atoms with Crippen molar-refractivity contribution < 1.29 is 9.13 Å². The van der Waals surface area contributed by atoms with Gasteiger partial charge in [-0.05, 0) is 17.7 Å². The summed E-state index contributed by atoms with van der Waals surface area (Å²) in [6, 6.07) is 14.0. The zero-order valence-corrected chi connectivity index (χ0v) is 8.69. The number of anilines is 1. The van der Waals surface area contributed by atoms with Crippen LogP contribution in [-0.2, 0) is 6.61 Å². The third kappa shape index (κ3) is 2.51. The smallest absolute Gasteiger partial charge is 0.167 e. The average Bonchev–Trinajstić information content (AvgIpc) is 2.29. The van der Waals surface area contributed by atoms with Crippen LogP contribution in [0.1, 0.15) is 5.56 Å². The molecule has 0 unspecified atom stereocenters. The molecule has 3 heteroatoms. The van der Waals surface area contributed by atoms with Crippen molar-refractivity contribution in [3.05, 3.63) is 59.9 Å². The van der Waals surface area contributed by atoms with Crippen LogP contribution in [0, 0.1) is 5.82 Å². The molecule has 2 aromatic rings. The second-order valence-electron chi connectivity index (χ2n) is 3.46. The highest BCUT2D eigenvalue weighted by Crippen LogP contribution is 2.20. The van der Waals surface area contributed by atoms with Gasteiger partial charge in [0.2, 0.25) is 0 Å². The Labute approximate surface area is 93.5 Å². The monoisotopic (exact) mass is 217 g/mol. The van der Waals surface area contributed by atoms with Crippen LogP contribution >= 0.6 is 0 Å². The van der Waals surface area contributed by atoms with Crippen LogP contribution in [0.15, 0.2) is 48.5 Å². The summed E-state index contributed by atoms with van der Waals surface area (Å²) < 4.78 is 18.7. The van der Waals surface area contributed by atoms with Crippen molar-refractivity contribution in [1.82, 2.24) is 0 Å². The maximum Gasteiger partial charge on any atom is 0.167 e. The van der Waals surface area contributed by atoms with E-state index in [1.807, 2.05) is 30.3 Å². The molecule has 16 heavy (non-hydrogen) atoms. The first-order valence-electron chi connectivity index (χ1n) is 4.97. The molecule has 82 valence electrons. The zero-order valence-electron chi connectivity index (χ0n) is 8.69. The van der Waals surface area contributed by atoms with Crippen molar-refractivity contribution in [2.45, 2.75) is 6.61 Å². The molecule has 0 radical (unpaired) electrons. The quantitative estimate of drug-likeness (QED) is 0.802. The normalized spacial score (nSPS) is 10.1. The second kappa shape index (κ2) is 4.66. The Hall–Kier alpha value is -2.03. The predicted molar refractivity (Wildman–Crippen MR) is 61.6 cm³/mol. The van der Waals surface area contributed by atoms with Crippen LogP contribution in [0.5, 0.6) is 5.75 Å². The molecule has 0 fully saturated rings. The number of benzene rings is 2. The molecule has 0 heterocycles.